The minimum absolute atomic E-state index is 0.630. The van der Waals surface area contributed by atoms with Gasteiger partial charge < -0.3 is 10.2 Å². The van der Waals surface area contributed by atoms with E-state index in [-0.39, 0.29) is 0 Å². The number of rotatable bonds is 13. The van der Waals surface area contributed by atoms with Gasteiger partial charge in [-0.3, -0.25) is 0 Å². The first-order valence-corrected chi connectivity index (χ1v) is 8.55. The second kappa shape index (κ2) is 12.9. The van der Waals surface area contributed by atoms with Crippen LogP contribution >= 0.6 is 0 Å². The number of unbranched alkanes of at least 4 members (excludes halogenated alkanes) is 5. The first kappa shape index (κ1) is 18.9. The van der Waals surface area contributed by atoms with Crippen LogP contribution in [0.2, 0.25) is 0 Å². The molecule has 0 radical (unpaired) electrons. The van der Waals surface area contributed by atoms with E-state index in [9.17, 15) is 0 Å². The summed E-state index contributed by atoms with van der Waals surface area (Å²) in [6.07, 6.45) is 9.54. The highest BCUT2D eigenvalue weighted by molar-refractivity contribution is 4.63. The Labute approximate surface area is 122 Å². The fraction of sp³-hybridized carbons (Fsp3) is 1.00. The standard InChI is InChI=1S/C17H38N2/c1-6-7-8-11-14-19(17(4)5)15-12-9-10-13-18-16(2)3/h16-18H,6-15H2,1-5H3. The average Bonchev–Trinajstić information content (AvgIpc) is 2.35. The summed E-state index contributed by atoms with van der Waals surface area (Å²) >= 11 is 0. The Balaban J connectivity index is 3.54. The molecule has 0 aliphatic heterocycles. The van der Waals surface area contributed by atoms with Crippen molar-refractivity contribution in [1.29, 1.82) is 0 Å². The van der Waals surface area contributed by atoms with Crippen molar-refractivity contribution in [3.63, 3.8) is 0 Å². The SMILES string of the molecule is CCCCCCN(CCCCCNC(C)C)C(C)C. The largest absolute Gasteiger partial charge is 0.315 e. The lowest BCUT2D eigenvalue weighted by Gasteiger charge is -2.26. The maximum absolute atomic E-state index is 3.49. The summed E-state index contributed by atoms with van der Waals surface area (Å²) in [6, 6.07) is 1.33. The summed E-state index contributed by atoms with van der Waals surface area (Å²) in [4.78, 5) is 2.66. The van der Waals surface area contributed by atoms with E-state index in [0.717, 1.165) is 0 Å². The van der Waals surface area contributed by atoms with Gasteiger partial charge in [0, 0.05) is 12.1 Å². The Hall–Kier alpha value is -0.0800. The van der Waals surface area contributed by atoms with Crippen LogP contribution in [0, 0.1) is 0 Å². The molecule has 0 saturated carbocycles. The normalized spacial score (nSPS) is 12.0. The van der Waals surface area contributed by atoms with Gasteiger partial charge in [-0.05, 0) is 52.7 Å². The van der Waals surface area contributed by atoms with Crippen molar-refractivity contribution in [2.24, 2.45) is 0 Å². The molecule has 0 rings (SSSR count). The van der Waals surface area contributed by atoms with Crippen molar-refractivity contribution in [3.05, 3.63) is 0 Å². The van der Waals surface area contributed by atoms with Crippen LogP contribution in [-0.4, -0.2) is 36.6 Å². The van der Waals surface area contributed by atoms with Crippen molar-refractivity contribution >= 4 is 0 Å². The fourth-order valence-corrected chi connectivity index (χ4v) is 2.38. The van der Waals surface area contributed by atoms with Crippen molar-refractivity contribution in [2.45, 2.75) is 91.6 Å². The lowest BCUT2D eigenvalue weighted by atomic mass is 10.1. The van der Waals surface area contributed by atoms with Gasteiger partial charge in [0.2, 0.25) is 0 Å². The number of hydrogen-bond acceptors (Lipinski definition) is 2. The molecule has 0 aromatic carbocycles. The highest BCUT2D eigenvalue weighted by atomic mass is 15.1. The second-order valence-corrected chi connectivity index (χ2v) is 6.36. The molecule has 116 valence electrons. The Morgan fingerprint density at radius 1 is 0.789 bits per heavy atom. The van der Waals surface area contributed by atoms with Crippen LogP contribution in [0.25, 0.3) is 0 Å². The molecule has 2 heteroatoms. The van der Waals surface area contributed by atoms with Crippen LogP contribution in [0.15, 0.2) is 0 Å². The predicted molar refractivity (Wildman–Crippen MR) is 87.8 cm³/mol. The average molecular weight is 271 g/mol. The third-order valence-corrected chi connectivity index (χ3v) is 3.70. The van der Waals surface area contributed by atoms with E-state index < -0.39 is 0 Å². The van der Waals surface area contributed by atoms with Crippen LogP contribution < -0.4 is 5.32 Å². The summed E-state index contributed by atoms with van der Waals surface area (Å²) in [5.41, 5.74) is 0. The minimum Gasteiger partial charge on any atom is -0.315 e. The van der Waals surface area contributed by atoms with Gasteiger partial charge in [0.15, 0.2) is 0 Å². The van der Waals surface area contributed by atoms with E-state index in [2.05, 4.69) is 44.8 Å². The Kier molecular flexibility index (Phi) is 12.9. The topological polar surface area (TPSA) is 15.3 Å². The predicted octanol–water partition coefficient (Wildman–Crippen LogP) is 4.45. The third kappa shape index (κ3) is 12.7. The molecule has 0 amide bonds. The highest BCUT2D eigenvalue weighted by Gasteiger charge is 2.08. The maximum atomic E-state index is 3.49. The van der Waals surface area contributed by atoms with Gasteiger partial charge in [-0.15, -0.1) is 0 Å². The fourth-order valence-electron chi connectivity index (χ4n) is 2.38. The van der Waals surface area contributed by atoms with Crippen molar-refractivity contribution in [2.75, 3.05) is 19.6 Å². The molecule has 0 aromatic rings. The Morgan fingerprint density at radius 3 is 1.84 bits per heavy atom. The molecule has 0 saturated heterocycles. The Bertz CT molecular complexity index is 178. The Morgan fingerprint density at radius 2 is 1.37 bits per heavy atom. The minimum atomic E-state index is 0.630. The molecule has 2 nitrogen and oxygen atoms in total. The number of hydrogen-bond donors (Lipinski definition) is 1. The monoisotopic (exact) mass is 270 g/mol. The molecule has 19 heavy (non-hydrogen) atoms. The molecule has 0 aliphatic rings. The molecule has 0 spiro atoms. The third-order valence-electron chi connectivity index (χ3n) is 3.70. The van der Waals surface area contributed by atoms with Gasteiger partial charge in [-0.25, -0.2) is 0 Å². The molecular formula is C17H38N2. The summed E-state index contributed by atoms with van der Waals surface area (Å²) in [5, 5.41) is 3.49. The van der Waals surface area contributed by atoms with E-state index in [0.29, 0.717) is 12.1 Å². The van der Waals surface area contributed by atoms with E-state index in [4.69, 9.17) is 0 Å². The smallest absolute Gasteiger partial charge is 0.00385 e. The maximum Gasteiger partial charge on any atom is 0.00385 e. The van der Waals surface area contributed by atoms with Gasteiger partial charge >= 0.3 is 0 Å². The van der Waals surface area contributed by atoms with E-state index >= 15 is 0 Å². The van der Waals surface area contributed by atoms with Crippen LogP contribution in [0.3, 0.4) is 0 Å². The zero-order chi connectivity index (χ0) is 14.5. The summed E-state index contributed by atoms with van der Waals surface area (Å²) in [5.74, 6) is 0. The number of nitrogens with one attached hydrogen (secondary N) is 1. The number of nitrogens with zero attached hydrogens (tertiary/aromatic N) is 1. The van der Waals surface area contributed by atoms with E-state index in [1.807, 2.05) is 0 Å². The summed E-state index contributed by atoms with van der Waals surface area (Å²) < 4.78 is 0. The molecule has 0 atom stereocenters. The van der Waals surface area contributed by atoms with Crippen LogP contribution in [0.5, 0.6) is 0 Å². The molecule has 0 unspecified atom stereocenters. The molecule has 1 N–H and O–H groups in total. The molecule has 0 fully saturated rings. The second-order valence-electron chi connectivity index (χ2n) is 6.36. The molecule has 0 aromatic heterocycles. The molecule has 0 heterocycles. The van der Waals surface area contributed by atoms with E-state index in [1.165, 1.54) is 64.6 Å². The molecule has 0 bridgehead atoms. The first-order chi connectivity index (χ1) is 9.07. The summed E-state index contributed by atoms with van der Waals surface area (Å²) in [7, 11) is 0. The van der Waals surface area contributed by atoms with Gasteiger partial charge in [0.1, 0.15) is 0 Å². The zero-order valence-corrected chi connectivity index (χ0v) is 14.2. The quantitative estimate of drug-likeness (QED) is 0.498. The van der Waals surface area contributed by atoms with Gasteiger partial charge in [-0.2, -0.15) is 0 Å². The summed E-state index contributed by atoms with van der Waals surface area (Å²) in [6.45, 7) is 15.1. The molecule has 0 aliphatic carbocycles. The van der Waals surface area contributed by atoms with Crippen molar-refractivity contribution in [3.8, 4) is 0 Å². The highest BCUT2D eigenvalue weighted by Crippen LogP contribution is 2.07. The zero-order valence-electron chi connectivity index (χ0n) is 14.2. The van der Waals surface area contributed by atoms with Crippen LogP contribution in [0.4, 0.5) is 0 Å². The first-order valence-electron chi connectivity index (χ1n) is 8.55. The van der Waals surface area contributed by atoms with Crippen molar-refractivity contribution in [1.82, 2.24) is 10.2 Å². The van der Waals surface area contributed by atoms with Crippen LogP contribution in [-0.2, 0) is 0 Å². The van der Waals surface area contributed by atoms with Gasteiger partial charge in [0.25, 0.3) is 0 Å². The lowest BCUT2D eigenvalue weighted by molar-refractivity contribution is 0.212. The van der Waals surface area contributed by atoms with Gasteiger partial charge in [0.05, 0.1) is 0 Å². The van der Waals surface area contributed by atoms with Crippen LogP contribution in [0.1, 0.15) is 79.6 Å². The van der Waals surface area contributed by atoms with Crippen molar-refractivity contribution < 1.29 is 0 Å². The lowest BCUT2D eigenvalue weighted by Crippen LogP contribution is -2.33. The van der Waals surface area contributed by atoms with Gasteiger partial charge in [-0.1, -0.05) is 46.5 Å². The molecular weight excluding hydrogens is 232 g/mol. The van der Waals surface area contributed by atoms with E-state index in [1.54, 1.807) is 0 Å².